The van der Waals surface area contributed by atoms with E-state index >= 15 is 0 Å². The van der Waals surface area contributed by atoms with Gasteiger partial charge in [0.05, 0.1) is 5.92 Å². The van der Waals surface area contributed by atoms with E-state index in [0.717, 1.165) is 34.3 Å². The summed E-state index contributed by atoms with van der Waals surface area (Å²) >= 11 is 3.38. The van der Waals surface area contributed by atoms with E-state index < -0.39 is 0 Å². The topological polar surface area (TPSA) is 54.0 Å². The maximum Gasteiger partial charge on any atom is 0.233 e. The van der Waals surface area contributed by atoms with Crippen LogP contribution in [-0.2, 0) is 4.79 Å². The van der Waals surface area contributed by atoms with Gasteiger partial charge >= 0.3 is 0 Å². The molecule has 3 rings (SSSR count). The number of amides is 1. The lowest BCUT2D eigenvalue weighted by Gasteiger charge is -2.25. The van der Waals surface area contributed by atoms with Gasteiger partial charge in [-0.25, -0.2) is 4.98 Å². The van der Waals surface area contributed by atoms with Crippen LogP contribution in [0.2, 0.25) is 0 Å². The van der Waals surface area contributed by atoms with Crippen LogP contribution in [0.5, 0.6) is 0 Å². The summed E-state index contributed by atoms with van der Waals surface area (Å²) in [4.78, 5) is 16.9. The van der Waals surface area contributed by atoms with Crippen molar-refractivity contribution in [2.24, 2.45) is 0 Å². The summed E-state index contributed by atoms with van der Waals surface area (Å²) in [7, 11) is 0. The number of nitrogens with zero attached hydrogens (tertiary/aromatic N) is 1. The first kappa shape index (κ1) is 14.1. The number of fused-ring (bicyclic) bond motifs is 1. The Labute approximate surface area is 132 Å². The molecule has 1 unspecified atom stereocenters. The van der Waals surface area contributed by atoms with Crippen LogP contribution in [0.1, 0.15) is 23.5 Å². The van der Waals surface area contributed by atoms with Crippen LogP contribution in [-0.4, -0.2) is 17.4 Å². The maximum atomic E-state index is 12.6. The lowest BCUT2D eigenvalue weighted by Crippen LogP contribution is -2.28. The van der Waals surface area contributed by atoms with E-state index in [9.17, 15) is 4.79 Å². The third-order valence-corrected chi connectivity index (χ3v) is 4.12. The van der Waals surface area contributed by atoms with Crippen molar-refractivity contribution in [2.75, 3.05) is 17.2 Å². The molecule has 21 heavy (non-hydrogen) atoms. The fourth-order valence-corrected chi connectivity index (χ4v) is 3.06. The van der Waals surface area contributed by atoms with Crippen molar-refractivity contribution in [3.63, 3.8) is 0 Å². The minimum Gasteiger partial charge on any atom is -0.385 e. The van der Waals surface area contributed by atoms with E-state index in [0.29, 0.717) is 5.82 Å². The van der Waals surface area contributed by atoms with Gasteiger partial charge in [-0.2, -0.15) is 0 Å². The second-order valence-electron chi connectivity index (χ2n) is 5.16. The molecule has 2 aromatic rings. The van der Waals surface area contributed by atoms with Gasteiger partial charge in [0, 0.05) is 22.9 Å². The number of rotatable bonds is 2. The quantitative estimate of drug-likeness (QED) is 0.872. The van der Waals surface area contributed by atoms with Crippen LogP contribution in [0.25, 0.3) is 0 Å². The number of nitrogens with one attached hydrogen (secondary N) is 2. The average Bonchev–Trinajstić information content (AvgIpc) is 2.49. The van der Waals surface area contributed by atoms with E-state index in [1.54, 1.807) is 6.20 Å². The predicted octanol–water partition coefficient (Wildman–Crippen LogP) is 3.69. The van der Waals surface area contributed by atoms with E-state index in [1.165, 1.54) is 0 Å². The summed E-state index contributed by atoms with van der Waals surface area (Å²) < 4.78 is 0.908. The first-order valence-corrected chi connectivity index (χ1v) is 7.70. The Balaban J connectivity index is 1.83. The molecule has 1 amide bonds. The number of aryl methyl sites for hydroxylation is 1. The van der Waals surface area contributed by atoms with Gasteiger partial charge in [0.25, 0.3) is 0 Å². The van der Waals surface area contributed by atoms with Gasteiger partial charge < -0.3 is 10.6 Å². The molecule has 108 valence electrons. The molecule has 0 radical (unpaired) electrons. The van der Waals surface area contributed by atoms with Gasteiger partial charge in [0.1, 0.15) is 5.82 Å². The SMILES string of the molecule is Cc1cc(Br)cnc1NC(=O)C1CCNc2ccccc21. The zero-order valence-corrected chi connectivity index (χ0v) is 13.3. The van der Waals surface area contributed by atoms with E-state index in [-0.39, 0.29) is 11.8 Å². The van der Waals surface area contributed by atoms with Gasteiger partial charge in [-0.15, -0.1) is 0 Å². The Morgan fingerprint density at radius 1 is 1.43 bits per heavy atom. The number of para-hydroxylation sites is 1. The van der Waals surface area contributed by atoms with Crippen LogP contribution in [0.4, 0.5) is 11.5 Å². The molecule has 4 nitrogen and oxygen atoms in total. The molecule has 1 aliphatic rings. The summed E-state index contributed by atoms with van der Waals surface area (Å²) in [6.07, 6.45) is 2.48. The fraction of sp³-hybridized carbons (Fsp3) is 0.250. The predicted molar refractivity (Wildman–Crippen MR) is 87.6 cm³/mol. The minimum absolute atomic E-state index is 0.00173. The first-order chi connectivity index (χ1) is 10.1. The number of pyridine rings is 1. The minimum atomic E-state index is -0.132. The van der Waals surface area contributed by atoms with Gasteiger partial charge in [-0.1, -0.05) is 18.2 Å². The summed E-state index contributed by atoms with van der Waals surface area (Å²) in [5, 5.41) is 6.28. The zero-order chi connectivity index (χ0) is 14.8. The van der Waals surface area contributed by atoms with Gasteiger partial charge in [-0.05, 0) is 52.5 Å². The summed E-state index contributed by atoms with van der Waals surface area (Å²) in [6, 6.07) is 9.91. The highest BCUT2D eigenvalue weighted by Gasteiger charge is 2.26. The smallest absolute Gasteiger partial charge is 0.233 e. The first-order valence-electron chi connectivity index (χ1n) is 6.91. The molecule has 1 aromatic heterocycles. The van der Waals surface area contributed by atoms with Crippen LogP contribution in [0.15, 0.2) is 41.0 Å². The van der Waals surface area contributed by atoms with Crippen molar-refractivity contribution in [1.29, 1.82) is 0 Å². The standard InChI is InChI=1S/C16H16BrN3O/c1-10-8-11(17)9-19-15(10)20-16(21)13-6-7-18-14-5-3-2-4-12(13)14/h2-5,8-9,13,18H,6-7H2,1H3,(H,19,20,21). The lowest BCUT2D eigenvalue weighted by atomic mass is 9.90. The molecule has 0 aliphatic carbocycles. The van der Waals surface area contributed by atoms with Crippen LogP contribution >= 0.6 is 15.9 Å². The number of benzene rings is 1. The van der Waals surface area contributed by atoms with E-state index in [1.807, 2.05) is 37.3 Å². The van der Waals surface area contributed by atoms with Crippen molar-refractivity contribution in [1.82, 2.24) is 4.98 Å². The highest BCUT2D eigenvalue weighted by molar-refractivity contribution is 9.10. The van der Waals surface area contributed by atoms with Crippen LogP contribution in [0.3, 0.4) is 0 Å². The molecule has 1 aliphatic heterocycles. The molecule has 1 aromatic carbocycles. The molecule has 0 spiro atoms. The van der Waals surface area contributed by atoms with E-state index in [4.69, 9.17) is 0 Å². The summed E-state index contributed by atoms with van der Waals surface area (Å²) in [5.74, 6) is 0.494. The highest BCUT2D eigenvalue weighted by atomic mass is 79.9. The molecule has 0 saturated heterocycles. The maximum absolute atomic E-state index is 12.6. The van der Waals surface area contributed by atoms with Crippen molar-refractivity contribution in [2.45, 2.75) is 19.3 Å². The largest absolute Gasteiger partial charge is 0.385 e. The van der Waals surface area contributed by atoms with Crippen molar-refractivity contribution in [3.8, 4) is 0 Å². The van der Waals surface area contributed by atoms with Crippen molar-refractivity contribution in [3.05, 3.63) is 52.1 Å². The molecule has 5 heteroatoms. The third-order valence-electron chi connectivity index (χ3n) is 3.69. The van der Waals surface area contributed by atoms with Crippen LogP contribution < -0.4 is 10.6 Å². The van der Waals surface area contributed by atoms with Gasteiger partial charge in [-0.3, -0.25) is 4.79 Å². The molecular weight excluding hydrogens is 330 g/mol. The number of halogens is 1. The molecule has 1 atom stereocenters. The number of carbonyl (C=O) groups excluding carboxylic acids is 1. The molecule has 0 saturated carbocycles. The monoisotopic (exact) mass is 345 g/mol. The van der Waals surface area contributed by atoms with Crippen molar-refractivity contribution < 1.29 is 4.79 Å². The fourth-order valence-electron chi connectivity index (χ4n) is 2.62. The average molecular weight is 346 g/mol. The van der Waals surface area contributed by atoms with Gasteiger partial charge in [0.15, 0.2) is 0 Å². The van der Waals surface area contributed by atoms with Gasteiger partial charge in [0.2, 0.25) is 5.91 Å². The third kappa shape index (κ3) is 2.93. The Morgan fingerprint density at radius 3 is 3.05 bits per heavy atom. The number of aromatic nitrogens is 1. The number of carbonyl (C=O) groups is 1. The van der Waals surface area contributed by atoms with Crippen LogP contribution in [0, 0.1) is 6.92 Å². The molecule has 0 bridgehead atoms. The normalized spacial score (nSPS) is 16.8. The molecule has 0 fully saturated rings. The number of anilines is 2. The number of hydrogen-bond donors (Lipinski definition) is 2. The molecular formula is C16H16BrN3O. The second kappa shape index (κ2) is 5.85. The Morgan fingerprint density at radius 2 is 2.24 bits per heavy atom. The zero-order valence-electron chi connectivity index (χ0n) is 11.7. The Bertz CT molecular complexity index is 687. The molecule has 2 heterocycles. The Kier molecular flexibility index (Phi) is 3.92. The molecule has 2 N–H and O–H groups in total. The van der Waals surface area contributed by atoms with E-state index in [2.05, 4.69) is 31.5 Å². The summed E-state index contributed by atoms with van der Waals surface area (Å²) in [6.45, 7) is 2.74. The highest BCUT2D eigenvalue weighted by Crippen LogP contribution is 2.32. The summed E-state index contributed by atoms with van der Waals surface area (Å²) in [5.41, 5.74) is 3.04. The second-order valence-corrected chi connectivity index (χ2v) is 6.08. The Hall–Kier alpha value is -1.88. The van der Waals surface area contributed by atoms with Crippen molar-refractivity contribution >= 4 is 33.3 Å². The number of hydrogen-bond acceptors (Lipinski definition) is 3. The lowest BCUT2D eigenvalue weighted by molar-refractivity contribution is -0.117.